The van der Waals surface area contributed by atoms with Gasteiger partial charge in [-0.25, -0.2) is 4.98 Å². The summed E-state index contributed by atoms with van der Waals surface area (Å²) in [5, 5.41) is 0. The molecule has 4 rings (SSSR count). The Morgan fingerprint density at radius 3 is 2.85 bits per heavy atom. The number of para-hydroxylation sites is 2. The first-order chi connectivity index (χ1) is 13.0. The van der Waals surface area contributed by atoms with Crippen LogP contribution in [-0.4, -0.2) is 57.3 Å². The summed E-state index contributed by atoms with van der Waals surface area (Å²) in [4.78, 5) is 34.5. The second kappa shape index (κ2) is 6.98. The zero-order chi connectivity index (χ0) is 19.0. The molecule has 3 heterocycles. The van der Waals surface area contributed by atoms with Crippen LogP contribution in [0, 0.1) is 12.3 Å². The highest BCUT2D eigenvalue weighted by Crippen LogP contribution is 2.40. The molecule has 27 heavy (non-hydrogen) atoms. The van der Waals surface area contributed by atoms with Gasteiger partial charge in [-0.15, -0.1) is 0 Å². The van der Waals surface area contributed by atoms with Crippen LogP contribution in [0.1, 0.15) is 38.4 Å². The Labute approximate surface area is 160 Å². The van der Waals surface area contributed by atoms with Crippen molar-refractivity contribution in [2.75, 3.05) is 26.2 Å². The van der Waals surface area contributed by atoms with Crippen LogP contribution in [0.5, 0.6) is 0 Å². The lowest BCUT2D eigenvalue weighted by atomic mass is 9.78. The van der Waals surface area contributed by atoms with Crippen molar-refractivity contribution < 1.29 is 9.59 Å². The number of rotatable bonds is 4. The Morgan fingerprint density at radius 2 is 2.04 bits per heavy atom. The van der Waals surface area contributed by atoms with Crippen LogP contribution < -0.4 is 0 Å². The molecule has 6 heteroatoms. The molecule has 0 aliphatic carbocycles. The van der Waals surface area contributed by atoms with E-state index in [0.717, 1.165) is 55.6 Å². The summed E-state index contributed by atoms with van der Waals surface area (Å²) < 4.78 is 1.98. The summed E-state index contributed by atoms with van der Waals surface area (Å²) in [6.45, 7) is 7.27. The molecule has 2 fully saturated rings. The summed E-state index contributed by atoms with van der Waals surface area (Å²) in [6, 6.07) is 7.90. The number of hydrogen-bond donors (Lipinski definition) is 0. The molecule has 144 valence electrons. The first-order valence-corrected chi connectivity index (χ1v) is 10.0. The van der Waals surface area contributed by atoms with Gasteiger partial charge in [0.05, 0.1) is 16.4 Å². The van der Waals surface area contributed by atoms with Crippen LogP contribution in [0.4, 0.5) is 0 Å². The van der Waals surface area contributed by atoms with Gasteiger partial charge in [-0.05, 0) is 44.7 Å². The third-order valence-electron chi connectivity index (χ3n) is 6.16. The van der Waals surface area contributed by atoms with E-state index in [2.05, 4.69) is 11.9 Å². The number of carbonyl (C=O) groups excluding carboxylic acids is 2. The van der Waals surface area contributed by atoms with Crippen LogP contribution >= 0.6 is 0 Å². The van der Waals surface area contributed by atoms with Gasteiger partial charge in [-0.3, -0.25) is 9.59 Å². The number of benzene rings is 1. The van der Waals surface area contributed by atoms with Gasteiger partial charge in [0.1, 0.15) is 12.4 Å². The molecule has 2 aromatic rings. The molecule has 2 saturated heterocycles. The van der Waals surface area contributed by atoms with Crippen molar-refractivity contribution in [3.8, 4) is 0 Å². The average Bonchev–Trinajstić information content (AvgIpc) is 3.22. The molecule has 1 atom stereocenters. The standard InChI is InChI=1S/C21H28N4O2/c1-3-11-23-12-6-9-21(20(23)27)10-13-24(15-21)19(26)14-25-16(2)22-17-7-4-5-8-18(17)25/h4-5,7-8H,3,6,9-15H2,1-2H3/t21-/m0/s1. The van der Waals surface area contributed by atoms with Crippen LogP contribution in [0.25, 0.3) is 11.0 Å². The van der Waals surface area contributed by atoms with Crippen LogP contribution in [0.2, 0.25) is 0 Å². The number of carbonyl (C=O) groups is 2. The second-order valence-electron chi connectivity index (χ2n) is 7.98. The first-order valence-electron chi connectivity index (χ1n) is 10.0. The highest BCUT2D eigenvalue weighted by Gasteiger charge is 2.49. The van der Waals surface area contributed by atoms with Gasteiger partial charge in [0, 0.05) is 26.2 Å². The van der Waals surface area contributed by atoms with E-state index < -0.39 is 0 Å². The van der Waals surface area contributed by atoms with Gasteiger partial charge >= 0.3 is 0 Å². The normalized spacial score (nSPS) is 23.0. The molecular weight excluding hydrogens is 340 g/mol. The van der Waals surface area contributed by atoms with E-state index in [1.54, 1.807) is 0 Å². The van der Waals surface area contributed by atoms with Crippen molar-refractivity contribution in [2.24, 2.45) is 5.41 Å². The van der Waals surface area contributed by atoms with Crippen molar-refractivity contribution in [2.45, 2.75) is 46.1 Å². The molecule has 0 unspecified atom stereocenters. The van der Waals surface area contributed by atoms with E-state index in [0.29, 0.717) is 13.1 Å². The molecule has 2 amide bonds. The summed E-state index contributed by atoms with van der Waals surface area (Å²) in [5.41, 5.74) is 1.55. The Kier molecular flexibility index (Phi) is 4.66. The Bertz CT molecular complexity index is 872. The minimum Gasteiger partial charge on any atom is -0.342 e. The number of piperidine rings is 1. The molecule has 0 radical (unpaired) electrons. The molecule has 0 N–H and O–H groups in total. The molecule has 1 aromatic carbocycles. The quantitative estimate of drug-likeness (QED) is 0.833. The lowest BCUT2D eigenvalue weighted by Gasteiger charge is -2.39. The third kappa shape index (κ3) is 3.11. The summed E-state index contributed by atoms with van der Waals surface area (Å²) in [6.07, 6.45) is 3.72. The Hall–Kier alpha value is -2.37. The van der Waals surface area contributed by atoms with Crippen LogP contribution in [0.3, 0.4) is 0 Å². The predicted molar refractivity (Wildman–Crippen MR) is 104 cm³/mol. The fourth-order valence-corrected chi connectivity index (χ4v) is 4.73. The lowest BCUT2D eigenvalue weighted by molar-refractivity contribution is -0.146. The maximum atomic E-state index is 13.0. The first kappa shape index (κ1) is 18.0. The number of hydrogen-bond acceptors (Lipinski definition) is 3. The molecule has 1 spiro atoms. The van der Waals surface area contributed by atoms with Crippen molar-refractivity contribution in [1.29, 1.82) is 0 Å². The van der Waals surface area contributed by atoms with E-state index in [4.69, 9.17) is 0 Å². The number of amides is 2. The van der Waals surface area contributed by atoms with E-state index in [1.165, 1.54) is 0 Å². The van der Waals surface area contributed by atoms with E-state index in [9.17, 15) is 9.59 Å². The SMILES string of the molecule is CCCN1CCC[C@@]2(CCN(C(=O)Cn3c(C)nc4ccccc43)C2)C1=O. The largest absolute Gasteiger partial charge is 0.342 e. The molecule has 6 nitrogen and oxygen atoms in total. The van der Waals surface area contributed by atoms with Gasteiger partial charge in [-0.2, -0.15) is 0 Å². The maximum Gasteiger partial charge on any atom is 0.242 e. The fourth-order valence-electron chi connectivity index (χ4n) is 4.73. The van der Waals surface area contributed by atoms with Crippen molar-refractivity contribution in [1.82, 2.24) is 19.4 Å². The Balaban J connectivity index is 1.49. The molecule has 2 aliphatic rings. The lowest BCUT2D eigenvalue weighted by Crippen LogP contribution is -2.50. The number of likely N-dealkylation sites (tertiary alicyclic amines) is 2. The molecule has 2 aliphatic heterocycles. The number of fused-ring (bicyclic) bond motifs is 1. The topological polar surface area (TPSA) is 58.4 Å². The van der Waals surface area contributed by atoms with Gasteiger partial charge in [0.15, 0.2) is 0 Å². The number of imidazole rings is 1. The van der Waals surface area contributed by atoms with E-state index >= 15 is 0 Å². The molecule has 0 saturated carbocycles. The van der Waals surface area contributed by atoms with Crippen molar-refractivity contribution in [3.05, 3.63) is 30.1 Å². The number of aryl methyl sites for hydroxylation is 1. The average molecular weight is 368 g/mol. The number of nitrogens with zero attached hydrogens (tertiary/aromatic N) is 4. The minimum atomic E-state index is -0.352. The van der Waals surface area contributed by atoms with Gasteiger partial charge in [0.2, 0.25) is 11.8 Å². The maximum absolute atomic E-state index is 13.0. The van der Waals surface area contributed by atoms with Crippen LogP contribution in [0.15, 0.2) is 24.3 Å². The van der Waals surface area contributed by atoms with Crippen molar-refractivity contribution in [3.63, 3.8) is 0 Å². The Morgan fingerprint density at radius 1 is 1.22 bits per heavy atom. The second-order valence-corrected chi connectivity index (χ2v) is 7.98. The summed E-state index contributed by atoms with van der Waals surface area (Å²) in [5.74, 6) is 1.19. The minimum absolute atomic E-state index is 0.0820. The predicted octanol–water partition coefficient (Wildman–Crippen LogP) is 2.60. The highest BCUT2D eigenvalue weighted by molar-refractivity contribution is 5.86. The third-order valence-corrected chi connectivity index (χ3v) is 6.16. The molecule has 1 aromatic heterocycles. The smallest absolute Gasteiger partial charge is 0.242 e. The highest BCUT2D eigenvalue weighted by atomic mass is 16.2. The molecular formula is C21H28N4O2. The van der Waals surface area contributed by atoms with E-state index in [-0.39, 0.29) is 23.8 Å². The molecule has 0 bridgehead atoms. The van der Waals surface area contributed by atoms with Gasteiger partial charge in [0.25, 0.3) is 0 Å². The number of aromatic nitrogens is 2. The zero-order valence-electron chi connectivity index (χ0n) is 16.3. The van der Waals surface area contributed by atoms with Crippen molar-refractivity contribution >= 4 is 22.8 Å². The fraction of sp³-hybridized carbons (Fsp3) is 0.571. The zero-order valence-corrected chi connectivity index (χ0v) is 16.3. The monoisotopic (exact) mass is 368 g/mol. The van der Waals surface area contributed by atoms with Crippen LogP contribution in [-0.2, 0) is 16.1 Å². The summed E-state index contributed by atoms with van der Waals surface area (Å²) >= 11 is 0. The van der Waals surface area contributed by atoms with Gasteiger partial charge in [-0.1, -0.05) is 19.1 Å². The van der Waals surface area contributed by atoms with E-state index in [1.807, 2.05) is 45.6 Å². The summed E-state index contributed by atoms with van der Waals surface area (Å²) in [7, 11) is 0. The van der Waals surface area contributed by atoms with Gasteiger partial charge < -0.3 is 14.4 Å².